The quantitative estimate of drug-likeness (QED) is 0.807. The van der Waals surface area contributed by atoms with E-state index >= 15 is 0 Å². The van der Waals surface area contributed by atoms with Gasteiger partial charge in [0.05, 0.1) is 6.61 Å². The van der Waals surface area contributed by atoms with Crippen molar-refractivity contribution in [2.24, 2.45) is 5.92 Å². The molecule has 0 aromatic carbocycles. The first kappa shape index (κ1) is 10.2. The van der Waals surface area contributed by atoms with Crippen molar-refractivity contribution < 1.29 is 14.6 Å². The van der Waals surface area contributed by atoms with E-state index in [1.54, 1.807) is 12.1 Å². The summed E-state index contributed by atoms with van der Waals surface area (Å²) in [4.78, 5) is 11.0. The topological polar surface area (TPSA) is 51.5 Å². The molecule has 1 aromatic heterocycles. The van der Waals surface area contributed by atoms with Gasteiger partial charge in [-0.15, -0.1) is 0 Å². The summed E-state index contributed by atoms with van der Waals surface area (Å²) in [7, 11) is 0. The number of carboxylic acids is 1. The fraction of sp³-hybridized carbons (Fsp3) is 0.545. The molecule has 1 saturated heterocycles. The van der Waals surface area contributed by atoms with E-state index in [4.69, 9.17) is 9.84 Å². The number of hydrogen-bond acceptors (Lipinski definition) is 2. The maximum Gasteiger partial charge on any atom is 0.352 e. The molecule has 82 valence electrons. The van der Waals surface area contributed by atoms with Gasteiger partial charge in [0.15, 0.2) is 0 Å². The van der Waals surface area contributed by atoms with Crippen LogP contribution in [-0.4, -0.2) is 28.9 Å². The highest BCUT2D eigenvalue weighted by atomic mass is 16.5. The van der Waals surface area contributed by atoms with Gasteiger partial charge in [0.1, 0.15) is 5.69 Å². The average molecular weight is 209 g/mol. The fourth-order valence-electron chi connectivity index (χ4n) is 2.15. The predicted molar refractivity (Wildman–Crippen MR) is 55.0 cm³/mol. The van der Waals surface area contributed by atoms with Gasteiger partial charge < -0.3 is 14.4 Å². The zero-order valence-corrected chi connectivity index (χ0v) is 8.72. The van der Waals surface area contributed by atoms with E-state index in [0.717, 1.165) is 6.42 Å². The van der Waals surface area contributed by atoms with Crippen LogP contribution in [0.4, 0.5) is 0 Å². The molecule has 0 aliphatic carbocycles. The highest BCUT2D eigenvalue weighted by Crippen LogP contribution is 2.28. The number of carbonyl (C=O) groups is 1. The first-order valence-electron chi connectivity index (χ1n) is 5.18. The minimum Gasteiger partial charge on any atom is -0.477 e. The molecular formula is C11H15NO3. The maximum atomic E-state index is 11.0. The van der Waals surface area contributed by atoms with Crippen molar-refractivity contribution in [3.63, 3.8) is 0 Å². The summed E-state index contributed by atoms with van der Waals surface area (Å²) in [6.07, 6.45) is 2.73. The lowest BCUT2D eigenvalue weighted by Gasteiger charge is -2.30. The molecule has 0 bridgehead atoms. The van der Waals surface area contributed by atoms with Gasteiger partial charge in [-0.3, -0.25) is 0 Å². The zero-order valence-electron chi connectivity index (χ0n) is 8.72. The van der Waals surface area contributed by atoms with Gasteiger partial charge in [-0.25, -0.2) is 4.79 Å². The summed E-state index contributed by atoms with van der Waals surface area (Å²) >= 11 is 0. The summed E-state index contributed by atoms with van der Waals surface area (Å²) in [5.74, 6) is -0.497. The molecule has 0 saturated carbocycles. The molecule has 1 N–H and O–H groups in total. The van der Waals surface area contributed by atoms with Crippen molar-refractivity contribution >= 4 is 5.97 Å². The Morgan fingerprint density at radius 1 is 1.67 bits per heavy atom. The van der Waals surface area contributed by atoms with Crippen molar-refractivity contribution in [1.82, 2.24) is 4.57 Å². The van der Waals surface area contributed by atoms with Crippen molar-refractivity contribution in [1.29, 1.82) is 0 Å². The third kappa shape index (κ3) is 1.90. The Balaban J connectivity index is 2.27. The van der Waals surface area contributed by atoms with Crippen molar-refractivity contribution in [2.75, 3.05) is 13.2 Å². The van der Waals surface area contributed by atoms with Crippen LogP contribution in [0.1, 0.15) is 29.9 Å². The third-order valence-electron chi connectivity index (χ3n) is 2.95. The number of carboxylic acid groups (broad SMARTS) is 1. The molecule has 4 heteroatoms. The van der Waals surface area contributed by atoms with Gasteiger partial charge in [0.2, 0.25) is 0 Å². The number of ether oxygens (including phenoxy) is 1. The number of hydrogen-bond donors (Lipinski definition) is 1. The van der Waals surface area contributed by atoms with E-state index < -0.39 is 5.97 Å². The Morgan fingerprint density at radius 2 is 2.47 bits per heavy atom. The van der Waals surface area contributed by atoms with E-state index in [-0.39, 0.29) is 6.04 Å². The molecular weight excluding hydrogens is 194 g/mol. The second-order valence-corrected chi connectivity index (χ2v) is 4.01. The number of nitrogens with zero attached hydrogens (tertiary/aromatic N) is 1. The highest BCUT2D eigenvalue weighted by Gasteiger charge is 2.25. The molecule has 0 spiro atoms. The lowest BCUT2D eigenvalue weighted by molar-refractivity contribution is 0.0269. The van der Waals surface area contributed by atoms with Gasteiger partial charge in [-0.1, -0.05) is 6.92 Å². The summed E-state index contributed by atoms with van der Waals surface area (Å²) in [5, 5.41) is 9.02. The second-order valence-electron chi connectivity index (χ2n) is 4.01. The smallest absolute Gasteiger partial charge is 0.352 e. The number of aromatic nitrogens is 1. The van der Waals surface area contributed by atoms with Crippen LogP contribution in [0.15, 0.2) is 18.3 Å². The normalized spacial score (nSPS) is 26.5. The molecule has 2 atom stereocenters. The lowest BCUT2D eigenvalue weighted by atomic mass is 9.97. The zero-order chi connectivity index (χ0) is 10.8. The molecule has 1 fully saturated rings. The van der Waals surface area contributed by atoms with E-state index in [0.29, 0.717) is 24.8 Å². The Hall–Kier alpha value is -1.29. The number of aromatic carboxylic acids is 1. The van der Waals surface area contributed by atoms with Crippen LogP contribution in [0.5, 0.6) is 0 Å². The first-order valence-corrected chi connectivity index (χ1v) is 5.18. The van der Waals surface area contributed by atoms with Gasteiger partial charge in [0.25, 0.3) is 0 Å². The molecule has 4 nitrogen and oxygen atoms in total. The van der Waals surface area contributed by atoms with Gasteiger partial charge >= 0.3 is 5.97 Å². The van der Waals surface area contributed by atoms with Crippen LogP contribution in [0.2, 0.25) is 0 Å². The molecule has 0 amide bonds. The van der Waals surface area contributed by atoms with E-state index in [2.05, 4.69) is 6.92 Å². The predicted octanol–water partition coefficient (Wildman–Crippen LogP) is 1.78. The summed E-state index contributed by atoms with van der Waals surface area (Å²) < 4.78 is 7.21. The maximum absolute atomic E-state index is 11.0. The molecule has 15 heavy (non-hydrogen) atoms. The molecule has 2 rings (SSSR count). The summed E-state index contributed by atoms with van der Waals surface area (Å²) in [6.45, 7) is 3.52. The minimum absolute atomic E-state index is 0.250. The first-order chi connectivity index (χ1) is 7.20. The summed E-state index contributed by atoms with van der Waals surface area (Å²) in [5.41, 5.74) is 0.369. The average Bonchev–Trinajstić information content (AvgIpc) is 2.67. The van der Waals surface area contributed by atoms with E-state index in [1.807, 2.05) is 10.8 Å². The van der Waals surface area contributed by atoms with Crippen molar-refractivity contribution in [3.8, 4) is 0 Å². The standard InChI is InChI=1S/C11H15NO3/c1-8-7-15-6-4-9(8)12-5-2-3-10(12)11(13)14/h2-3,5,8-9H,4,6-7H2,1H3,(H,13,14). The van der Waals surface area contributed by atoms with Crippen LogP contribution in [0.25, 0.3) is 0 Å². The van der Waals surface area contributed by atoms with Gasteiger partial charge in [-0.05, 0) is 18.6 Å². The molecule has 1 aliphatic rings. The Labute approximate surface area is 88.5 Å². The SMILES string of the molecule is CC1COCCC1n1cccc1C(=O)O. The minimum atomic E-state index is -0.862. The molecule has 0 radical (unpaired) electrons. The van der Waals surface area contributed by atoms with Gasteiger partial charge in [0, 0.05) is 24.8 Å². The largest absolute Gasteiger partial charge is 0.477 e. The molecule has 1 aromatic rings. The van der Waals surface area contributed by atoms with Crippen LogP contribution in [-0.2, 0) is 4.74 Å². The van der Waals surface area contributed by atoms with Crippen LogP contribution in [0.3, 0.4) is 0 Å². The highest BCUT2D eigenvalue weighted by molar-refractivity contribution is 5.85. The molecule has 1 aliphatic heterocycles. The Bertz CT molecular complexity index is 358. The van der Waals surface area contributed by atoms with Crippen LogP contribution < -0.4 is 0 Å². The Morgan fingerprint density at radius 3 is 3.13 bits per heavy atom. The molecule has 2 heterocycles. The summed E-state index contributed by atoms with van der Waals surface area (Å²) in [6, 6.07) is 3.68. The van der Waals surface area contributed by atoms with E-state index in [1.165, 1.54) is 0 Å². The Kier molecular flexibility index (Phi) is 2.77. The lowest BCUT2D eigenvalue weighted by Crippen LogP contribution is -2.29. The van der Waals surface area contributed by atoms with Crippen molar-refractivity contribution in [2.45, 2.75) is 19.4 Å². The van der Waals surface area contributed by atoms with Crippen molar-refractivity contribution in [3.05, 3.63) is 24.0 Å². The fourth-order valence-corrected chi connectivity index (χ4v) is 2.15. The van der Waals surface area contributed by atoms with E-state index in [9.17, 15) is 4.79 Å². The van der Waals surface area contributed by atoms with Crippen LogP contribution >= 0.6 is 0 Å². The van der Waals surface area contributed by atoms with Gasteiger partial charge in [-0.2, -0.15) is 0 Å². The second kappa shape index (κ2) is 4.06. The number of rotatable bonds is 2. The van der Waals surface area contributed by atoms with Crippen LogP contribution in [0, 0.1) is 5.92 Å². The molecule has 2 unspecified atom stereocenters. The third-order valence-corrected chi connectivity index (χ3v) is 2.95. The monoisotopic (exact) mass is 209 g/mol.